The van der Waals surface area contributed by atoms with Crippen molar-refractivity contribution >= 4 is 11.6 Å². The highest BCUT2D eigenvalue weighted by Gasteiger charge is 2.06. The van der Waals surface area contributed by atoms with Crippen LogP contribution in [-0.4, -0.2) is 47.7 Å². The average Bonchev–Trinajstić information content (AvgIpc) is 2.79. The van der Waals surface area contributed by atoms with Crippen LogP contribution in [0.2, 0.25) is 0 Å². The summed E-state index contributed by atoms with van der Waals surface area (Å²) in [6, 6.07) is 14.0. The highest BCUT2D eigenvalue weighted by molar-refractivity contribution is 5.63. The number of anilines is 2. The van der Waals surface area contributed by atoms with Crippen LogP contribution in [0.25, 0.3) is 11.1 Å². The molecule has 0 radical (unpaired) electrons. The second-order valence-electron chi connectivity index (χ2n) is 6.72. The van der Waals surface area contributed by atoms with Crippen molar-refractivity contribution in [2.75, 3.05) is 31.6 Å². The predicted molar refractivity (Wildman–Crippen MR) is 117 cm³/mol. The lowest BCUT2D eigenvalue weighted by molar-refractivity contribution is -0.0498. The van der Waals surface area contributed by atoms with Crippen molar-refractivity contribution in [1.29, 1.82) is 0 Å². The van der Waals surface area contributed by atoms with E-state index in [1.807, 2.05) is 24.3 Å². The minimum absolute atomic E-state index is 0.110. The lowest BCUT2D eigenvalue weighted by Crippen LogP contribution is -2.27. The molecule has 2 aromatic carbocycles. The van der Waals surface area contributed by atoms with Gasteiger partial charge in [0, 0.05) is 30.2 Å². The van der Waals surface area contributed by atoms with Crippen LogP contribution in [0, 0.1) is 0 Å². The van der Waals surface area contributed by atoms with E-state index >= 15 is 0 Å². The van der Waals surface area contributed by atoms with Gasteiger partial charge in [0.1, 0.15) is 18.1 Å². The summed E-state index contributed by atoms with van der Waals surface area (Å²) in [5, 5.41) is 3.14. The van der Waals surface area contributed by atoms with Gasteiger partial charge < -0.3 is 19.7 Å². The van der Waals surface area contributed by atoms with E-state index in [4.69, 9.17) is 4.74 Å². The van der Waals surface area contributed by atoms with Crippen molar-refractivity contribution < 1.29 is 18.3 Å². The van der Waals surface area contributed by atoms with Crippen LogP contribution >= 0.6 is 0 Å². The fourth-order valence-corrected chi connectivity index (χ4v) is 2.97. The Morgan fingerprint density at radius 3 is 2.06 bits per heavy atom. The Bertz CT molecular complexity index is 916. The highest BCUT2D eigenvalue weighted by atomic mass is 19.3. The molecule has 0 aliphatic rings. The van der Waals surface area contributed by atoms with Crippen molar-refractivity contribution in [2.24, 2.45) is 0 Å². The van der Waals surface area contributed by atoms with Crippen LogP contribution in [0.4, 0.5) is 20.4 Å². The van der Waals surface area contributed by atoms with Crippen molar-refractivity contribution in [1.82, 2.24) is 14.9 Å². The van der Waals surface area contributed by atoms with E-state index in [1.165, 1.54) is 12.1 Å². The standard InChI is InChI=1S/C23H26F2N4O2/c1-3-29(4-2)13-14-30-20-11-7-19(8-12-20)28-23-26-15-18(16-27-23)17-5-9-21(10-6-17)31-22(24)25/h5-12,15-16,22H,3-4,13-14H2,1-2H3,(H,26,27,28). The predicted octanol–water partition coefficient (Wildman–Crippen LogP) is 5.21. The van der Waals surface area contributed by atoms with Crippen LogP contribution in [0.3, 0.4) is 0 Å². The first-order valence-electron chi connectivity index (χ1n) is 10.2. The molecule has 0 spiro atoms. The topological polar surface area (TPSA) is 59.5 Å². The van der Waals surface area contributed by atoms with Crippen LogP contribution < -0.4 is 14.8 Å². The number of benzene rings is 2. The third kappa shape index (κ3) is 6.89. The fourth-order valence-electron chi connectivity index (χ4n) is 2.97. The third-order valence-corrected chi connectivity index (χ3v) is 4.75. The summed E-state index contributed by atoms with van der Waals surface area (Å²) in [5.74, 6) is 1.38. The quantitative estimate of drug-likeness (QED) is 0.453. The molecule has 6 nitrogen and oxygen atoms in total. The van der Waals surface area contributed by atoms with Crippen LogP contribution in [0.1, 0.15) is 13.8 Å². The number of rotatable bonds is 11. The molecule has 0 bridgehead atoms. The van der Waals surface area contributed by atoms with Crippen LogP contribution in [0.5, 0.6) is 11.5 Å². The molecule has 0 unspecified atom stereocenters. The second-order valence-corrected chi connectivity index (χ2v) is 6.72. The second kappa shape index (κ2) is 11.2. The maximum atomic E-state index is 12.2. The summed E-state index contributed by atoms with van der Waals surface area (Å²) >= 11 is 0. The number of likely N-dealkylation sites (N-methyl/N-ethyl adjacent to an activating group) is 1. The maximum absolute atomic E-state index is 12.2. The van der Waals surface area contributed by atoms with E-state index in [1.54, 1.807) is 24.5 Å². The molecule has 31 heavy (non-hydrogen) atoms. The average molecular weight is 428 g/mol. The molecule has 1 heterocycles. The minimum atomic E-state index is -2.84. The van der Waals surface area contributed by atoms with Gasteiger partial charge in [0.15, 0.2) is 0 Å². The van der Waals surface area contributed by atoms with Crippen LogP contribution in [0.15, 0.2) is 60.9 Å². The molecular formula is C23H26F2N4O2. The molecule has 0 fully saturated rings. The molecule has 3 aromatic rings. The van der Waals surface area contributed by atoms with Gasteiger partial charge in [-0.05, 0) is 55.1 Å². The molecule has 1 aromatic heterocycles. The number of hydrogen-bond acceptors (Lipinski definition) is 6. The Labute approximate surface area is 180 Å². The molecule has 0 amide bonds. The van der Waals surface area contributed by atoms with E-state index in [0.717, 1.165) is 42.2 Å². The Morgan fingerprint density at radius 1 is 0.871 bits per heavy atom. The summed E-state index contributed by atoms with van der Waals surface area (Å²) in [5.41, 5.74) is 2.42. The van der Waals surface area contributed by atoms with E-state index < -0.39 is 6.61 Å². The zero-order chi connectivity index (χ0) is 22.1. The Morgan fingerprint density at radius 2 is 1.48 bits per heavy atom. The highest BCUT2D eigenvalue weighted by Crippen LogP contribution is 2.23. The van der Waals surface area contributed by atoms with E-state index in [0.29, 0.717) is 12.6 Å². The van der Waals surface area contributed by atoms with E-state index in [-0.39, 0.29) is 5.75 Å². The Balaban J connectivity index is 1.53. The van der Waals surface area contributed by atoms with E-state index in [2.05, 4.69) is 38.8 Å². The lowest BCUT2D eigenvalue weighted by Gasteiger charge is -2.18. The molecular weight excluding hydrogens is 402 g/mol. The summed E-state index contributed by atoms with van der Waals surface area (Å²) < 4.78 is 34.6. The fraction of sp³-hybridized carbons (Fsp3) is 0.304. The zero-order valence-corrected chi connectivity index (χ0v) is 17.6. The summed E-state index contributed by atoms with van der Waals surface area (Å²) in [7, 11) is 0. The summed E-state index contributed by atoms with van der Waals surface area (Å²) in [6.45, 7) is 5.01. The van der Waals surface area contributed by atoms with Gasteiger partial charge in [-0.15, -0.1) is 0 Å². The van der Waals surface area contributed by atoms with E-state index in [9.17, 15) is 8.78 Å². The molecule has 0 aliphatic carbocycles. The first kappa shape index (κ1) is 22.4. The van der Waals surface area contributed by atoms with Gasteiger partial charge in [-0.1, -0.05) is 26.0 Å². The van der Waals surface area contributed by atoms with Gasteiger partial charge in [0.2, 0.25) is 5.95 Å². The normalized spacial score (nSPS) is 11.0. The van der Waals surface area contributed by atoms with Gasteiger partial charge in [-0.3, -0.25) is 0 Å². The smallest absolute Gasteiger partial charge is 0.387 e. The van der Waals surface area contributed by atoms with Crippen molar-refractivity contribution in [2.45, 2.75) is 20.5 Å². The largest absolute Gasteiger partial charge is 0.492 e. The van der Waals surface area contributed by atoms with Crippen molar-refractivity contribution in [3.05, 3.63) is 60.9 Å². The maximum Gasteiger partial charge on any atom is 0.387 e. The number of ether oxygens (including phenoxy) is 2. The number of halogens is 2. The Kier molecular flexibility index (Phi) is 8.12. The number of hydrogen-bond donors (Lipinski definition) is 1. The molecule has 0 saturated heterocycles. The van der Waals surface area contributed by atoms with Crippen LogP contribution in [-0.2, 0) is 0 Å². The first-order chi connectivity index (χ1) is 15.1. The molecule has 0 aliphatic heterocycles. The lowest BCUT2D eigenvalue weighted by atomic mass is 10.1. The molecule has 8 heteroatoms. The summed E-state index contributed by atoms with van der Waals surface area (Å²) in [6.07, 6.45) is 3.34. The third-order valence-electron chi connectivity index (χ3n) is 4.75. The molecule has 3 rings (SSSR count). The van der Waals surface area contributed by atoms with Crippen molar-refractivity contribution in [3.63, 3.8) is 0 Å². The number of aromatic nitrogens is 2. The first-order valence-corrected chi connectivity index (χ1v) is 10.2. The molecule has 164 valence electrons. The van der Waals surface area contributed by atoms with Gasteiger partial charge in [0.25, 0.3) is 0 Å². The number of alkyl halides is 2. The van der Waals surface area contributed by atoms with Gasteiger partial charge in [-0.25, -0.2) is 9.97 Å². The summed E-state index contributed by atoms with van der Waals surface area (Å²) in [4.78, 5) is 11.0. The SMILES string of the molecule is CCN(CC)CCOc1ccc(Nc2ncc(-c3ccc(OC(F)F)cc3)cn2)cc1. The molecule has 0 saturated carbocycles. The molecule has 1 N–H and O–H groups in total. The van der Waals surface area contributed by atoms with Crippen molar-refractivity contribution in [3.8, 4) is 22.6 Å². The van der Waals surface area contributed by atoms with Gasteiger partial charge in [-0.2, -0.15) is 8.78 Å². The number of nitrogens with one attached hydrogen (secondary N) is 1. The monoisotopic (exact) mass is 428 g/mol. The van der Waals surface area contributed by atoms with Gasteiger partial charge >= 0.3 is 6.61 Å². The Hall–Kier alpha value is -3.26. The number of nitrogens with zero attached hydrogens (tertiary/aromatic N) is 3. The zero-order valence-electron chi connectivity index (χ0n) is 17.6. The van der Waals surface area contributed by atoms with Gasteiger partial charge in [0.05, 0.1) is 0 Å². The minimum Gasteiger partial charge on any atom is -0.492 e. The molecule has 0 atom stereocenters.